The lowest BCUT2D eigenvalue weighted by Crippen LogP contribution is -2.19. The molecule has 0 atom stereocenters. The topological polar surface area (TPSA) is 75.3 Å². The molecule has 10 heteroatoms. The summed E-state index contributed by atoms with van der Waals surface area (Å²) in [6.45, 7) is 0. The lowest BCUT2D eigenvalue weighted by atomic mass is 10.1. The fraction of sp³-hybridized carbons (Fsp3) is 0.192. The molecule has 3 rings (SSSR count). The molecule has 0 spiro atoms. The Morgan fingerprint density at radius 1 is 0.750 bits per heavy atom. The first-order valence-electron chi connectivity index (χ1n) is 10.5. The zero-order chi connectivity index (χ0) is 26.3. The van der Waals surface area contributed by atoms with E-state index >= 15 is 0 Å². The van der Waals surface area contributed by atoms with Crippen molar-refractivity contribution in [3.05, 3.63) is 71.3 Å². The van der Waals surface area contributed by atoms with Crippen LogP contribution in [0.15, 0.2) is 54.6 Å². The van der Waals surface area contributed by atoms with E-state index in [4.69, 9.17) is 23.7 Å². The van der Waals surface area contributed by atoms with Crippen LogP contribution in [0.3, 0.4) is 0 Å². The molecule has 1 amide bonds. The average Bonchev–Trinajstić information content (AvgIpc) is 2.86. The van der Waals surface area contributed by atoms with Crippen LogP contribution in [0.1, 0.15) is 16.7 Å². The maximum absolute atomic E-state index is 13.2. The molecule has 0 saturated heterocycles. The Morgan fingerprint density at radius 2 is 1.36 bits per heavy atom. The van der Waals surface area contributed by atoms with E-state index < -0.39 is 23.6 Å². The van der Waals surface area contributed by atoms with Crippen molar-refractivity contribution in [2.45, 2.75) is 6.18 Å². The molecule has 0 unspecified atom stereocenters. The van der Waals surface area contributed by atoms with Gasteiger partial charge in [-0.15, -0.1) is 0 Å². The maximum Gasteiger partial charge on any atom is 0.419 e. The highest BCUT2D eigenvalue weighted by Crippen LogP contribution is 2.39. The summed E-state index contributed by atoms with van der Waals surface area (Å²) < 4.78 is 65.8. The first kappa shape index (κ1) is 26.3. The number of alkyl halides is 3. The molecule has 0 aliphatic rings. The second kappa shape index (κ2) is 11.4. The van der Waals surface area contributed by atoms with Gasteiger partial charge >= 0.3 is 12.3 Å². The summed E-state index contributed by atoms with van der Waals surface area (Å²) in [4.78, 5) is 12.4. The van der Waals surface area contributed by atoms with Crippen molar-refractivity contribution in [2.24, 2.45) is 0 Å². The van der Waals surface area contributed by atoms with E-state index in [1.165, 1.54) is 40.6 Å². The Hall–Kier alpha value is -4.34. The third kappa shape index (κ3) is 6.21. The molecule has 190 valence electrons. The van der Waals surface area contributed by atoms with Gasteiger partial charge in [-0.25, -0.2) is 4.79 Å². The van der Waals surface area contributed by atoms with Crippen LogP contribution in [0, 0.1) is 0 Å². The molecule has 0 aliphatic heterocycles. The van der Waals surface area contributed by atoms with Gasteiger partial charge in [-0.3, -0.25) is 5.32 Å². The minimum absolute atomic E-state index is 0.207. The van der Waals surface area contributed by atoms with Gasteiger partial charge in [0.1, 0.15) is 11.5 Å². The van der Waals surface area contributed by atoms with Gasteiger partial charge in [0.25, 0.3) is 0 Å². The molecule has 0 fully saturated rings. The van der Waals surface area contributed by atoms with Crippen molar-refractivity contribution in [1.29, 1.82) is 0 Å². The Morgan fingerprint density at radius 3 is 1.94 bits per heavy atom. The lowest BCUT2D eigenvalue weighted by Gasteiger charge is -2.14. The van der Waals surface area contributed by atoms with Crippen LogP contribution in [0.5, 0.6) is 28.7 Å². The summed E-state index contributed by atoms with van der Waals surface area (Å²) in [5.41, 5.74) is 0.557. The molecule has 0 saturated carbocycles. The van der Waals surface area contributed by atoms with Crippen LogP contribution in [0.2, 0.25) is 0 Å². The summed E-state index contributed by atoms with van der Waals surface area (Å²) in [6, 6.07) is 12.9. The van der Waals surface area contributed by atoms with Crippen LogP contribution >= 0.6 is 0 Å². The maximum atomic E-state index is 13.2. The van der Waals surface area contributed by atoms with Gasteiger partial charge in [0.05, 0.1) is 39.7 Å². The minimum Gasteiger partial charge on any atom is -0.495 e. The normalized spacial score (nSPS) is 11.2. The van der Waals surface area contributed by atoms with E-state index in [0.29, 0.717) is 28.6 Å². The smallest absolute Gasteiger partial charge is 0.419 e. The number of carbonyl (C=O) groups is 1. The standard InChI is InChI=1S/C26H24F3NO6/c1-32-21-12-11-16(9-10-17-14-22(33-2)24(35-4)23(15-17)34-3)13-19(21)30-25(31)36-20-8-6-5-7-18(20)26(27,28)29/h5-15H,1-4H3,(H,30,31)/b10-9-. The van der Waals surface area contributed by atoms with Crippen LogP contribution < -0.4 is 29.0 Å². The number of carbonyl (C=O) groups excluding carboxylic acids is 1. The number of anilines is 1. The second-order valence-corrected chi connectivity index (χ2v) is 7.26. The van der Waals surface area contributed by atoms with E-state index in [1.807, 2.05) is 0 Å². The van der Waals surface area contributed by atoms with Crippen LogP contribution in [-0.4, -0.2) is 34.5 Å². The van der Waals surface area contributed by atoms with Crippen molar-refractivity contribution in [3.63, 3.8) is 0 Å². The molecule has 7 nitrogen and oxygen atoms in total. The Bertz CT molecular complexity index is 1230. The lowest BCUT2D eigenvalue weighted by molar-refractivity contribution is -0.138. The predicted molar refractivity (Wildman–Crippen MR) is 129 cm³/mol. The van der Waals surface area contributed by atoms with Crippen molar-refractivity contribution in [1.82, 2.24) is 0 Å². The van der Waals surface area contributed by atoms with Gasteiger partial charge in [0.2, 0.25) is 5.75 Å². The Balaban J connectivity index is 1.84. The van der Waals surface area contributed by atoms with Crippen LogP contribution in [0.25, 0.3) is 12.2 Å². The Labute approximate surface area is 206 Å². The minimum atomic E-state index is -4.67. The fourth-order valence-electron chi connectivity index (χ4n) is 3.34. The highest BCUT2D eigenvalue weighted by Gasteiger charge is 2.34. The van der Waals surface area contributed by atoms with Gasteiger partial charge in [0.15, 0.2) is 11.5 Å². The summed E-state index contributed by atoms with van der Waals surface area (Å²) in [6.07, 6.45) is -2.23. The zero-order valence-electron chi connectivity index (χ0n) is 19.9. The first-order valence-corrected chi connectivity index (χ1v) is 10.5. The Kier molecular flexibility index (Phi) is 8.31. The number of hydrogen-bond acceptors (Lipinski definition) is 6. The van der Waals surface area contributed by atoms with Crippen LogP contribution in [-0.2, 0) is 6.18 Å². The molecule has 3 aromatic rings. The van der Waals surface area contributed by atoms with E-state index in [0.717, 1.165) is 17.7 Å². The number of ether oxygens (including phenoxy) is 5. The molecule has 0 aromatic heterocycles. The zero-order valence-corrected chi connectivity index (χ0v) is 19.9. The quantitative estimate of drug-likeness (QED) is 0.353. The number of methoxy groups -OCH3 is 4. The fourth-order valence-corrected chi connectivity index (χ4v) is 3.34. The monoisotopic (exact) mass is 503 g/mol. The number of amides is 1. The summed E-state index contributed by atoms with van der Waals surface area (Å²) >= 11 is 0. The number of para-hydroxylation sites is 1. The van der Waals surface area contributed by atoms with Gasteiger partial charge in [-0.1, -0.05) is 30.4 Å². The molecule has 3 aromatic carbocycles. The van der Waals surface area contributed by atoms with E-state index in [2.05, 4.69) is 5.32 Å². The van der Waals surface area contributed by atoms with Gasteiger partial charge < -0.3 is 23.7 Å². The third-order valence-electron chi connectivity index (χ3n) is 5.01. The number of hydrogen-bond donors (Lipinski definition) is 1. The molecule has 1 N–H and O–H groups in total. The molecular weight excluding hydrogens is 479 g/mol. The SMILES string of the molecule is COc1ccc(/C=C\c2cc(OC)c(OC)c(OC)c2)cc1NC(=O)Oc1ccccc1C(F)(F)F. The predicted octanol–water partition coefficient (Wildman–Crippen LogP) is 6.52. The van der Waals surface area contributed by atoms with Crippen molar-refractivity contribution >= 4 is 23.9 Å². The summed E-state index contributed by atoms with van der Waals surface area (Å²) in [7, 11) is 5.93. The number of nitrogens with one attached hydrogen (secondary N) is 1. The van der Waals surface area contributed by atoms with Gasteiger partial charge in [-0.2, -0.15) is 13.2 Å². The molecule has 36 heavy (non-hydrogen) atoms. The number of benzene rings is 3. The molecule has 0 bridgehead atoms. The molecule has 0 aliphatic carbocycles. The highest BCUT2D eigenvalue weighted by molar-refractivity contribution is 5.89. The number of rotatable bonds is 8. The molecule has 0 heterocycles. The molecule has 0 radical (unpaired) electrons. The molecular formula is C26H24F3NO6. The number of halogens is 3. The van der Waals surface area contributed by atoms with Crippen LogP contribution in [0.4, 0.5) is 23.7 Å². The van der Waals surface area contributed by atoms with Crippen molar-refractivity contribution in [2.75, 3.05) is 33.8 Å². The van der Waals surface area contributed by atoms with Crippen molar-refractivity contribution in [3.8, 4) is 28.7 Å². The second-order valence-electron chi connectivity index (χ2n) is 7.26. The third-order valence-corrected chi connectivity index (χ3v) is 5.01. The van der Waals surface area contributed by atoms with E-state index in [9.17, 15) is 18.0 Å². The first-order chi connectivity index (χ1) is 17.2. The summed E-state index contributed by atoms with van der Waals surface area (Å²) in [5.74, 6) is 1.10. The van der Waals surface area contributed by atoms with Crippen molar-refractivity contribution < 1.29 is 41.7 Å². The van der Waals surface area contributed by atoms with Gasteiger partial charge in [0, 0.05) is 0 Å². The van der Waals surface area contributed by atoms with E-state index in [-0.39, 0.29) is 5.69 Å². The average molecular weight is 503 g/mol. The van der Waals surface area contributed by atoms with E-state index in [1.54, 1.807) is 42.5 Å². The summed E-state index contributed by atoms with van der Waals surface area (Å²) in [5, 5.41) is 2.43. The largest absolute Gasteiger partial charge is 0.495 e. The van der Waals surface area contributed by atoms with Gasteiger partial charge in [-0.05, 0) is 47.5 Å². The highest BCUT2D eigenvalue weighted by atomic mass is 19.4.